The summed E-state index contributed by atoms with van der Waals surface area (Å²) in [6.07, 6.45) is 5.44. The predicted octanol–water partition coefficient (Wildman–Crippen LogP) is 2.07. The second-order valence-electron chi connectivity index (χ2n) is 6.97. The van der Waals surface area contributed by atoms with Crippen molar-refractivity contribution < 1.29 is 4.79 Å². The van der Waals surface area contributed by atoms with Gasteiger partial charge in [-0.25, -0.2) is 0 Å². The maximum atomic E-state index is 12.9. The summed E-state index contributed by atoms with van der Waals surface area (Å²) < 4.78 is 2.20. The molecule has 1 amide bonds. The van der Waals surface area contributed by atoms with Gasteiger partial charge in [0.05, 0.1) is 12.6 Å². The lowest BCUT2D eigenvalue weighted by molar-refractivity contribution is -0.120. The topological polar surface area (TPSA) is 63.1 Å². The smallest absolute Gasteiger partial charge is 0.243 e. The fraction of sp³-hybridized carbons (Fsp3) is 0.526. The minimum atomic E-state index is -0.248. The second kappa shape index (κ2) is 6.96. The van der Waals surface area contributed by atoms with Crippen LogP contribution in [0.3, 0.4) is 0 Å². The van der Waals surface area contributed by atoms with Gasteiger partial charge in [-0.05, 0) is 44.2 Å². The van der Waals surface area contributed by atoms with E-state index in [9.17, 15) is 4.79 Å². The zero-order chi connectivity index (χ0) is 17.2. The van der Waals surface area contributed by atoms with Crippen molar-refractivity contribution in [1.29, 1.82) is 0 Å². The summed E-state index contributed by atoms with van der Waals surface area (Å²) in [4.78, 5) is 14.9. The molecular formula is C19H25N5O. The molecule has 0 saturated carbocycles. The molecule has 3 heterocycles. The van der Waals surface area contributed by atoms with Crippen LogP contribution in [0.5, 0.6) is 0 Å². The third-order valence-electron chi connectivity index (χ3n) is 5.25. The zero-order valence-electron chi connectivity index (χ0n) is 14.7. The third-order valence-corrected chi connectivity index (χ3v) is 5.25. The van der Waals surface area contributed by atoms with E-state index in [-0.39, 0.29) is 11.9 Å². The molecule has 1 aromatic carbocycles. The van der Waals surface area contributed by atoms with Crippen molar-refractivity contribution in [2.45, 2.75) is 58.2 Å². The second-order valence-corrected chi connectivity index (χ2v) is 6.97. The van der Waals surface area contributed by atoms with Crippen LogP contribution in [-0.2, 0) is 30.7 Å². The Bertz CT molecular complexity index is 769. The Balaban J connectivity index is 1.42. The molecule has 6 nitrogen and oxygen atoms in total. The van der Waals surface area contributed by atoms with Crippen LogP contribution in [0.2, 0.25) is 0 Å². The van der Waals surface area contributed by atoms with E-state index in [2.05, 4.69) is 26.1 Å². The average Bonchev–Trinajstić information content (AvgIpc) is 3.08. The van der Waals surface area contributed by atoms with Gasteiger partial charge in [0.1, 0.15) is 11.6 Å². The van der Waals surface area contributed by atoms with Gasteiger partial charge < -0.3 is 9.47 Å². The van der Waals surface area contributed by atoms with Crippen LogP contribution in [0.15, 0.2) is 24.3 Å². The summed E-state index contributed by atoms with van der Waals surface area (Å²) >= 11 is 0. The molecule has 0 saturated heterocycles. The number of amides is 1. The van der Waals surface area contributed by atoms with Crippen LogP contribution in [0.1, 0.15) is 43.4 Å². The number of aromatic nitrogens is 3. The molecule has 25 heavy (non-hydrogen) atoms. The first-order chi connectivity index (χ1) is 12.2. The summed E-state index contributed by atoms with van der Waals surface area (Å²) in [5.41, 5.74) is 2.33. The minimum absolute atomic E-state index is 0.130. The van der Waals surface area contributed by atoms with Gasteiger partial charge in [0, 0.05) is 25.2 Å². The highest BCUT2D eigenvalue weighted by Gasteiger charge is 2.26. The quantitative estimate of drug-likeness (QED) is 0.926. The van der Waals surface area contributed by atoms with Gasteiger partial charge in [0.15, 0.2) is 0 Å². The number of hydrogen-bond acceptors (Lipinski definition) is 4. The van der Waals surface area contributed by atoms with Crippen LogP contribution < -0.4 is 10.2 Å². The van der Waals surface area contributed by atoms with Crippen molar-refractivity contribution in [3.05, 3.63) is 41.5 Å². The summed E-state index contributed by atoms with van der Waals surface area (Å²) in [6.45, 7) is 4.30. The van der Waals surface area contributed by atoms with Gasteiger partial charge in [-0.1, -0.05) is 18.2 Å². The number of rotatable bonds is 4. The van der Waals surface area contributed by atoms with Crippen LogP contribution in [-0.4, -0.2) is 33.3 Å². The lowest BCUT2D eigenvalue weighted by atomic mass is 10.0. The summed E-state index contributed by atoms with van der Waals surface area (Å²) in [6, 6.07) is 7.97. The SMILES string of the molecule is CC(NCc1nnc2n1CCCC2)C(=O)N1CCCc2ccccc21. The molecule has 1 unspecified atom stereocenters. The van der Waals surface area contributed by atoms with E-state index in [0.29, 0.717) is 6.54 Å². The van der Waals surface area contributed by atoms with Gasteiger partial charge in [0.2, 0.25) is 5.91 Å². The van der Waals surface area contributed by atoms with Crippen molar-refractivity contribution in [3.63, 3.8) is 0 Å². The van der Waals surface area contributed by atoms with E-state index in [1.807, 2.05) is 30.0 Å². The molecule has 1 N–H and O–H groups in total. The van der Waals surface area contributed by atoms with Crippen LogP contribution in [0, 0.1) is 0 Å². The normalized spacial score (nSPS) is 17.7. The number of benzene rings is 1. The van der Waals surface area contributed by atoms with Crippen molar-refractivity contribution in [2.75, 3.05) is 11.4 Å². The Morgan fingerprint density at radius 1 is 1.16 bits per heavy atom. The van der Waals surface area contributed by atoms with Crippen molar-refractivity contribution in [2.24, 2.45) is 0 Å². The molecule has 2 aliphatic rings. The fourth-order valence-corrected chi connectivity index (χ4v) is 3.83. The molecule has 0 radical (unpaired) electrons. The largest absolute Gasteiger partial charge is 0.314 e. The molecule has 1 atom stereocenters. The molecule has 0 bridgehead atoms. The van der Waals surface area contributed by atoms with Crippen LogP contribution >= 0.6 is 0 Å². The first kappa shape index (κ1) is 16.3. The Labute approximate surface area is 148 Å². The number of hydrogen-bond donors (Lipinski definition) is 1. The maximum Gasteiger partial charge on any atom is 0.243 e. The molecule has 132 valence electrons. The maximum absolute atomic E-state index is 12.9. The first-order valence-electron chi connectivity index (χ1n) is 9.27. The monoisotopic (exact) mass is 339 g/mol. The predicted molar refractivity (Wildman–Crippen MR) is 96.4 cm³/mol. The van der Waals surface area contributed by atoms with E-state index >= 15 is 0 Å². The number of carbonyl (C=O) groups is 1. The van der Waals surface area contributed by atoms with Gasteiger partial charge in [-0.15, -0.1) is 10.2 Å². The number of nitrogens with zero attached hydrogens (tertiary/aromatic N) is 4. The summed E-state index contributed by atoms with van der Waals surface area (Å²) in [5.74, 6) is 2.14. The highest BCUT2D eigenvalue weighted by molar-refractivity contribution is 5.97. The molecule has 4 rings (SSSR count). The number of fused-ring (bicyclic) bond motifs is 2. The van der Waals surface area contributed by atoms with Crippen LogP contribution in [0.25, 0.3) is 0 Å². The van der Waals surface area contributed by atoms with E-state index in [1.54, 1.807) is 0 Å². The van der Waals surface area contributed by atoms with Crippen molar-refractivity contribution >= 4 is 11.6 Å². The first-order valence-corrected chi connectivity index (χ1v) is 9.27. The number of anilines is 1. The van der Waals surface area contributed by atoms with Gasteiger partial charge >= 0.3 is 0 Å². The van der Waals surface area contributed by atoms with Crippen molar-refractivity contribution in [3.8, 4) is 0 Å². The highest BCUT2D eigenvalue weighted by Crippen LogP contribution is 2.27. The lowest BCUT2D eigenvalue weighted by Gasteiger charge is -2.31. The molecule has 0 fully saturated rings. The Morgan fingerprint density at radius 2 is 2.04 bits per heavy atom. The standard InChI is InChI=1S/C19H25N5O/c1-14(20-13-18-22-21-17-10-4-5-11-24(17)18)19(25)23-12-6-8-15-7-2-3-9-16(15)23/h2-3,7,9,14,20H,4-6,8,10-13H2,1H3. The highest BCUT2D eigenvalue weighted by atomic mass is 16.2. The minimum Gasteiger partial charge on any atom is -0.314 e. The van der Waals surface area contributed by atoms with E-state index in [1.165, 1.54) is 18.4 Å². The third kappa shape index (κ3) is 3.18. The molecule has 6 heteroatoms. The average molecular weight is 339 g/mol. The fourth-order valence-electron chi connectivity index (χ4n) is 3.83. The van der Waals surface area contributed by atoms with Gasteiger partial charge in [-0.2, -0.15) is 0 Å². The number of para-hydroxylation sites is 1. The Hall–Kier alpha value is -2.21. The van der Waals surface area contributed by atoms with E-state index in [4.69, 9.17) is 0 Å². The molecular weight excluding hydrogens is 314 g/mol. The van der Waals surface area contributed by atoms with E-state index in [0.717, 1.165) is 49.7 Å². The molecule has 2 aromatic rings. The molecule has 1 aromatic heterocycles. The molecule has 2 aliphatic heterocycles. The van der Waals surface area contributed by atoms with Crippen LogP contribution in [0.4, 0.5) is 5.69 Å². The molecule has 0 aliphatic carbocycles. The van der Waals surface area contributed by atoms with E-state index < -0.39 is 0 Å². The lowest BCUT2D eigenvalue weighted by Crippen LogP contribution is -2.47. The zero-order valence-corrected chi connectivity index (χ0v) is 14.7. The Kier molecular flexibility index (Phi) is 4.53. The number of aryl methyl sites for hydroxylation is 2. The number of carbonyl (C=O) groups excluding carboxylic acids is 1. The van der Waals surface area contributed by atoms with Gasteiger partial charge in [0.25, 0.3) is 0 Å². The summed E-state index contributed by atoms with van der Waals surface area (Å²) in [7, 11) is 0. The number of nitrogens with one attached hydrogen (secondary N) is 1. The van der Waals surface area contributed by atoms with Gasteiger partial charge in [-0.3, -0.25) is 10.1 Å². The van der Waals surface area contributed by atoms with Crippen molar-refractivity contribution in [1.82, 2.24) is 20.1 Å². The Morgan fingerprint density at radius 3 is 2.96 bits per heavy atom. The summed E-state index contributed by atoms with van der Waals surface area (Å²) in [5, 5.41) is 11.9. The molecule has 0 spiro atoms.